The molecule has 1 aliphatic rings. The Morgan fingerprint density at radius 1 is 1.00 bits per heavy atom. The SMILES string of the molecule is COc1ccc(N[C@@H](c2ccc(C(F)(F)F)cc2)[C@@H]2Oc3ccccc3S2=O)cc1. The van der Waals surface area contributed by atoms with Gasteiger partial charge in [0, 0.05) is 5.69 Å². The van der Waals surface area contributed by atoms with Gasteiger partial charge in [-0.25, -0.2) is 0 Å². The fourth-order valence-electron chi connectivity index (χ4n) is 3.25. The Balaban J connectivity index is 1.69. The Kier molecular flexibility index (Phi) is 5.42. The molecule has 1 unspecified atom stereocenters. The lowest BCUT2D eigenvalue weighted by atomic mass is 10.0. The average Bonchev–Trinajstić information content (AvgIpc) is 3.08. The fraction of sp³-hybridized carbons (Fsp3) is 0.182. The third-order valence-electron chi connectivity index (χ3n) is 4.80. The van der Waals surface area contributed by atoms with Crippen LogP contribution in [0.4, 0.5) is 18.9 Å². The highest BCUT2D eigenvalue weighted by Crippen LogP contribution is 2.39. The standard InChI is InChI=1S/C22H18F3NO3S/c1-28-17-12-10-16(11-13-17)26-20(14-6-8-15(9-7-14)22(23,24)25)21-29-18-4-2-3-5-19(18)30(21)27/h2-13,20-21,26H,1H3/t20-,21+,30?/m0/s1. The summed E-state index contributed by atoms with van der Waals surface area (Å²) in [4.78, 5) is 0.566. The van der Waals surface area contributed by atoms with E-state index >= 15 is 0 Å². The zero-order valence-corrected chi connectivity index (χ0v) is 16.7. The van der Waals surface area contributed by atoms with E-state index in [2.05, 4.69) is 5.32 Å². The van der Waals surface area contributed by atoms with Gasteiger partial charge < -0.3 is 14.8 Å². The second kappa shape index (κ2) is 8.02. The van der Waals surface area contributed by atoms with Crippen LogP contribution in [0.25, 0.3) is 0 Å². The van der Waals surface area contributed by atoms with Crippen LogP contribution in [0.1, 0.15) is 17.2 Å². The van der Waals surface area contributed by atoms with Crippen molar-refractivity contribution in [3.05, 3.63) is 83.9 Å². The summed E-state index contributed by atoms with van der Waals surface area (Å²) in [5.74, 6) is 1.18. The lowest BCUT2D eigenvalue weighted by molar-refractivity contribution is -0.137. The number of alkyl halides is 3. The van der Waals surface area contributed by atoms with Gasteiger partial charge in [-0.05, 0) is 54.1 Å². The molecular formula is C22H18F3NO3S. The number of methoxy groups -OCH3 is 1. The minimum Gasteiger partial charge on any atom is -0.497 e. The van der Waals surface area contributed by atoms with Crippen molar-refractivity contribution >= 4 is 16.5 Å². The number of rotatable bonds is 5. The molecule has 3 aromatic rings. The zero-order valence-electron chi connectivity index (χ0n) is 15.8. The van der Waals surface area contributed by atoms with Crippen LogP contribution in [-0.2, 0) is 17.0 Å². The smallest absolute Gasteiger partial charge is 0.416 e. The highest BCUT2D eigenvalue weighted by atomic mass is 32.2. The molecule has 1 N–H and O–H groups in total. The van der Waals surface area contributed by atoms with Gasteiger partial charge in [-0.1, -0.05) is 24.3 Å². The molecule has 3 atom stereocenters. The van der Waals surface area contributed by atoms with Gasteiger partial charge in [-0.3, -0.25) is 4.21 Å². The number of hydrogen-bond donors (Lipinski definition) is 1. The first-order chi connectivity index (χ1) is 14.4. The van der Waals surface area contributed by atoms with Crippen LogP contribution >= 0.6 is 0 Å². The average molecular weight is 433 g/mol. The molecule has 156 valence electrons. The van der Waals surface area contributed by atoms with E-state index in [1.165, 1.54) is 12.1 Å². The number of para-hydroxylation sites is 1. The second-order valence-electron chi connectivity index (χ2n) is 6.70. The molecule has 4 rings (SSSR count). The quantitative estimate of drug-likeness (QED) is 0.586. The van der Waals surface area contributed by atoms with Crippen LogP contribution in [0.2, 0.25) is 0 Å². The zero-order chi connectivity index (χ0) is 21.3. The van der Waals surface area contributed by atoms with Crippen LogP contribution in [0.3, 0.4) is 0 Å². The number of benzene rings is 3. The summed E-state index contributed by atoms with van der Waals surface area (Å²) in [5, 5.41) is 3.26. The van der Waals surface area contributed by atoms with Gasteiger partial charge in [-0.2, -0.15) is 13.2 Å². The van der Waals surface area contributed by atoms with Gasteiger partial charge in [0.25, 0.3) is 0 Å². The monoisotopic (exact) mass is 433 g/mol. The Bertz CT molecular complexity index is 1050. The predicted octanol–water partition coefficient (Wildman–Crippen LogP) is 5.39. The summed E-state index contributed by atoms with van der Waals surface area (Å²) in [6.07, 6.45) is -4.43. The van der Waals surface area contributed by atoms with Gasteiger partial charge in [0.1, 0.15) is 28.3 Å². The largest absolute Gasteiger partial charge is 0.497 e. The Hall–Kier alpha value is -3.00. The molecule has 0 bridgehead atoms. The lowest BCUT2D eigenvalue weighted by Crippen LogP contribution is -2.31. The molecule has 3 aromatic carbocycles. The van der Waals surface area contributed by atoms with E-state index < -0.39 is 34.0 Å². The number of nitrogens with one attached hydrogen (secondary N) is 1. The van der Waals surface area contributed by atoms with E-state index in [9.17, 15) is 17.4 Å². The third kappa shape index (κ3) is 4.00. The number of halogens is 3. The number of ether oxygens (including phenoxy) is 2. The van der Waals surface area contributed by atoms with Crippen molar-refractivity contribution in [1.29, 1.82) is 0 Å². The Morgan fingerprint density at radius 2 is 1.67 bits per heavy atom. The summed E-state index contributed by atoms with van der Waals surface area (Å²) in [6, 6.07) is 18.2. The maximum atomic E-state index is 13.1. The van der Waals surface area contributed by atoms with Crippen molar-refractivity contribution in [1.82, 2.24) is 0 Å². The molecule has 1 aliphatic heterocycles. The maximum Gasteiger partial charge on any atom is 0.416 e. The van der Waals surface area contributed by atoms with Gasteiger partial charge in [0.15, 0.2) is 0 Å². The molecule has 8 heteroatoms. The van der Waals surface area contributed by atoms with E-state index in [0.717, 1.165) is 12.1 Å². The van der Waals surface area contributed by atoms with E-state index in [4.69, 9.17) is 9.47 Å². The van der Waals surface area contributed by atoms with Gasteiger partial charge in [-0.15, -0.1) is 0 Å². The van der Waals surface area contributed by atoms with E-state index in [0.29, 0.717) is 27.6 Å². The van der Waals surface area contributed by atoms with Crippen molar-refractivity contribution in [2.24, 2.45) is 0 Å². The minimum atomic E-state index is -4.43. The van der Waals surface area contributed by atoms with Gasteiger partial charge >= 0.3 is 6.18 Å². The van der Waals surface area contributed by atoms with Crippen molar-refractivity contribution in [3.63, 3.8) is 0 Å². The molecular weight excluding hydrogens is 415 g/mol. The fourth-order valence-corrected chi connectivity index (χ4v) is 4.69. The molecule has 0 fully saturated rings. The Morgan fingerprint density at radius 3 is 2.27 bits per heavy atom. The summed E-state index contributed by atoms with van der Waals surface area (Å²) < 4.78 is 63.1. The first-order valence-electron chi connectivity index (χ1n) is 9.11. The second-order valence-corrected chi connectivity index (χ2v) is 8.20. The normalized spacial score (nSPS) is 18.9. The number of fused-ring (bicyclic) bond motifs is 1. The lowest BCUT2D eigenvalue weighted by Gasteiger charge is -2.25. The molecule has 30 heavy (non-hydrogen) atoms. The van der Waals surface area contributed by atoms with Gasteiger partial charge in [0.2, 0.25) is 5.44 Å². The van der Waals surface area contributed by atoms with Crippen molar-refractivity contribution in [3.8, 4) is 11.5 Å². The highest BCUT2D eigenvalue weighted by molar-refractivity contribution is 7.86. The molecule has 0 radical (unpaired) electrons. The summed E-state index contributed by atoms with van der Waals surface area (Å²) in [5.41, 5.74) is -0.324. The Labute approximate surface area is 174 Å². The first kappa shape index (κ1) is 20.3. The summed E-state index contributed by atoms with van der Waals surface area (Å²) >= 11 is 0. The van der Waals surface area contributed by atoms with Crippen molar-refractivity contribution in [2.75, 3.05) is 12.4 Å². The number of anilines is 1. The molecule has 0 aliphatic carbocycles. The van der Waals surface area contributed by atoms with E-state index in [1.807, 2.05) is 0 Å². The van der Waals surface area contributed by atoms with Gasteiger partial charge in [0.05, 0.1) is 17.6 Å². The maximum absolute atomic E-state index is 13.1. The first-order valence-corrected chi connectivity index (χ1v) is 10.3. The summed E-state index contributed by atoms with van der Waals surface area (Å²) in [6.45, 7) is 0. The molecule has 0 saturated heterocycles. The van der Waals surface area contributed by atoms with Crippen molar-refractivity contribution in [2.45, 2.75) is 22.5 Å². The molecule has 0 spiro atoms. The molecule has 4 nitrogen and oxygen atoms in total. The van der Waals surface area contributed by atoms with Crippen LogP contribution in [-0.4, -0.2) is 16.8 Å². The third-order valence-corrected chi connectivity index (χ3v) is 6.36. The van der Waals surface area contributed by atoms with E-state index in [1.54, 1.807) is 55.6 Å². The van der Waals surface area contributed by atoms with Crippen LogP contribution in [0, 0.1) is 0 Å². The van der Waals surface area contributed by atoms with Crippen LogP contribution in [0.15, 0.2) is 77.7 Å². The molecule has 0 saturated carbocycles. The summed E-state index contributed by atoms with van der Waals surface area (Å²) in [7, 11) is 0.0559. The van der Waals surface area contributed by atoms with E-state index in [-0.39, 0.29) is 0 Å². The predicted molar refractivity (Wildman–Crippen MR) is 108 cm³/mol. The number of hydrogen-bond acceptors (Lipinski definition) is 4. The molecule has 0 aromatic heterocycles. The van der Waals surface area contributed by atoms with Crippen LogP contribution < -0.4 is 14.8 Å². The molecule has 1 heterocycles. The van der Waals surface area contributed by atoms with Crippen LogP contribution in [0.5, 0.6) is 11.5 Å². The molecule has 0 amide bonds. The van der Waals surface area contributed by atoms with Crippen molar-refractivity contribution < 1.29 is 26.9 Å². The topological polar surface area (TPSA) is 47.6 Å². The minimum absolute atomic E-state index is 0.509. The highest BCUT2D eigenvalue weighted by Gasteiger charge is 2.39.